The minimum Gasteiger partial charge on any atom is -0.425 e. The van der Waals surface area contributed by atoms with Gasteiger partial charge in [0.2, 0.25) is 0 Å². The molecule has 0 saturated carbocycles. The van der Waals surface area contributed by atoms with Gasteiger partial charge in [0.25, 0.3) is 0 Å². The predicted octanol–water partition coefficient (Wildman–Crippen LogP) is 4.10. The fraction of sp³-hybridized carbons (Fsp3) is 0.105. The SMILES string of the molecule is C=CCC1(c2ccccc2)C=C(c2ccccc2)OC1=O. The van der Waals surface area contributed by atoms with Gasteiger partial charge in [-0.3, -0.25) is 4.79 Å². The van der Waals surface area contributed by atoms with Crippen LogP contribution in [0.25, 0.3) is 5.76 Å². The minimum absolute atomic E-state index is 0.243. The molecule has 3 rings (SSSR count). The van der Waals surface area contributed by atoms with Gasteiger partial charge >= 0.3 is 5.97 Å². The van der Waals surface area contributed by atoms with Gasteiger partial charge in [0.15, 0.2) is 0 Å². The largest absolute Gasteiger partial charge is 0.425 e. The van der Waals surface area contributed by atoms with E-state index in [1.807, 2.05) is 66.7 Å². The number of hydrogen-bond acceptors (Lipinski definition) is 2. The van der Waals surface area contributed by atoms with Crippen LogP contribution < -0.4 is 0 Å². The van der Waals surface area contributed by atoms with Crippen LogP contribution in [0.2, 0.25) is 0 Å². The van der Waals surface area contributed by atoms with E-state index in [0.29, 0.717) is 12.2 Å². The lowest BCUT2D eigenvalue weighted by Crippen LogP contribution is -2.30. The van der Waals surface area contributed by atoms with Crippen molar-refractivity contribution >= 4 is 11.7 Å². The van der Waals surface area contributed by atoms with Crippen LogP contribution in [0.4, 0.5) is 0 Å². The average Bonchev–Trinajstić information content (AvgIpc) is 2.88. The molecule has 0 amide bonds. The van der Waals surface area contributed by atoms with E-state index in [9.17, 15) is 4.79 Å². The van der Waals surface area contributed by atoms with Crippen molar-refractivity contribution in [2.75, 3.05) is 0 Å². The monoisotopic (exact) mass is 276 g/mol. The van der Waals surface area contributed by atoms with Gasteiger partial charge in [0, 0.05) is 5.56 Å². The van der Waals surface area contributed by atoms with Gasteiger partial charge < -0.3 is 4.74 Å². The van der Waals surface area contributed by atoms with Crippen molar-refractivity contribution in [3.05, 3.63) is 90.5 Å². The molecule has 104 valence electrons. The van der Waals surface area contributed by atoms with Gasteiger partial charge in [0.1, 0.15) is 11.2 Å². The Morgan fingerprint density at radius 1 is 1.00 bits per heavy atom. The normalized spacial score (nSPS) is 20.8. The molecule has 1 atom stereocenters. The molecule has 1 aliphatic rings. The molecule has 0 radical (unpaired) electrons. The Morgan fingerprint density at radius 3 is 2.24 bits per heavy atom. The molecule has 1 heterocycles. The van der Waals surface area contributed by atoms with Gasteiger partial charge in [0.05, 0.1) is 0 Å². The smallest absolute Gasteiger partial charge is 0.326 e. The molecule has 2 aromatic carbocycles. The van der Waals surface area contributed by atoms with Crippen LogP contribution in [0.15, 0.2) is 79.4 Å². The molecular weight excluding hydrogens is 260 g/mol. The standard InChI is InChI=1S/C19H16O2/c1-2-13-19(16-11-7-4-8-12-16)14-17(21-18(19)20)15-9-5-3-6-10-15/h2-12,14H,1,13H2. The molecule has 0 spiro atoms. The van der Waals surface area contributed by atoms with E-state index in [1.165, 1.54) is 0 Å². The molecule has 0 bridgehead atoms. The highest BCUT2D eigenvalue weighted by Crippen LogP contribution is 2.41. The Bertz CT molecular complexity index is 686. The second kappa shape index (κ2) is 5.41. The molecule has 0 fully saturated rings. The van der Waals surface area contributed by atoms with Crippen molar-refractivity contribution in [2.45, 2.75) is 11.8 Å². The van der Waals surface area contributed by atoms with E-state index in [2.05, 4.69) is 6.58 Å². The molecule has 2 heteroatoms. The van der Waals surface area contributed by atoms with Crippen LogP contribution >= 0.6 is 0 Å². The molecular formula is C19H16O2. The number of hydrogen-bond donors (Lipinski definition) is 0. The van der Waals surface area contributed by atoms with E-state index < -0.39 is 5.41 Å². The number of cyclic esters (lactones) is 1. The highest BCUT2D eigenvalue weighted by Gasteiger charge is 2.44. The molecule has 2 nitrogen and oxygen atoms in total. The van der Waals surface area contributed by atoms with Crippen molar-refractivity contribution in [1.82, 2.24) is 0 Å². The Labute approximate surface area is 124 Å². The first-order chi connectivity index (χ1) is 10.3. The third-order valence-corrected chi connectivity index (χ3v) is 3.76. The summed E-state index contributed by atoms with van der Waals surface area (Å²) in [4.78, 5) is 12.5. The zero-order chi connectivity index (χ0) is 14.7. The van der Waals surface area contributed by atoms with Crippen LogP contribution in [0.1, 0.15) is 17.5 Å². The minimum atomic E-state index is -0.770. The average molecular weight is 276 g/mol. The molecule has 21 heavy (non-hydrogen) atoms. The molecule has 2 aromatic rings. The second-order valence-corrected chi connectivity index (χ2v) is 5.09. The number of carbonyl (C=O) groups excluding carboxylic acids is 1. The summed E-state index contributed by atoms with van der Waals surface area (Å²) in [5.41, 5.74) is 1.07. The van der Waals surface area contributed by atoms with Gasteiger partial charge in [-0.25, -0.2) is 0 Å². The Kier molecular flexibility index (Phi) is 3.44. The first-order valence-corrected chi connectivity index (χ1v) is 6.93. The number of esters is 1. The van der Waals surface area contributed by atoms with Gasteiger partial charge in [-0.05, 0) is 18.1 Å². The highest BCUT2D eigenvalue weighted by molar-refractivity contribution is 5.96. The lowest BCUT2D eigenvalue weighted by molar-refractivity contribution is -0.139. The van der Waals surface area contributed by atoms with E-state index in [1.54, 1.807) is 6.08 Å². The van der Waals surface area contributed by atoms with Crippen molar-refractivity contribution in [1.29, 1.82) is 0 Å². The molecule has 1 aliphatic heterocycles. The van der Waals surface area contributed by atoms with E-state index in [4.69, 9.17) is 4.74 Å². The quantitative estimate of drug-likeness (QED) is 0.621. The third-order valence-electron chi connectivity index (χ3n) is 3.76. The van der Waals surface area contributed by atoms with Crippen molar-refractivity contribution < 1.29 is 9.53 Å². The Hall–Kier alpha value is -2.61. The number of benzene rings is 2. The summed E-state index contributed by atoms with van der Waals surface area (Å²) in [6.45, 7) is 3.79. The molecule has 0 aromatic heterocycles. The molecule has 0 aliphatic carbocycles. The van der Waals surface area contributed by atoms with Crippen LogP contribution in [0.3, 0.4) is 0 Å². The third kappa shape index (κ3) is 2.29. The highest BCUT2D eigenvalue weighted by atomic mass is 16.5. The maximum atomic E-state index is 12.5. The van der Waals surface area contributed by atoms with Crippen molar-refractivity contribution in [3.8, 4) is 0 Å². The zero-order valence-corrected chi connectivity index (χ0v) is 11.7. The summed E-state index contributed by atoms with van der Waals surface area (Å²) < 4.78 is 5.54. The van der Waals surface area contributed by atoms with E-state index in [0.717, 1.165) is 11.1 Å². The lowest BCUT2D eigenvalue weighted by Gasteiger charge is -2.22. The summed E-state index contributed by atoms with van der Waals surface area (Å²) >= 11 is 0. The van der Waals surface area contributed by atoms with Gasteiger partial charge in [-0.1, -0.05) is 66.7 Å². The van der Waals surface area contributed by atoms with E-state index in [-0.39, 0.29) is 5.97 Å². The fourth-order valence-electron chi connectivity index (χ4n) is 2.67. The Morgan fingerprint density at radius 2 is 1.62 bits per heavy atom. The molecule has 0 N–H and O–H groups in total. The van der Waals surface area contributed by atoms with Crippen LogP contribution in [-0.2, 0) is 14.9 Å². The van der Waals surface area contributed by atoms with E-state index >= 15 is 0 Å². The lowest BCUT2D eigenvalue weighted by atomic mass is 9.78. The second-order valence-electron chi connectivity index (χ2n) is 5.09. The summed E-state index contributed by atoms with van der Waals surface area (Å²) in [6.07, 6.45) is 4.20. The summed E-state index contributed by atoms with van der Waals surface area (Å²) in [5.74, 6) is 0.374. The molecule has 1 unspecified atom stereocenters. The van der Waals surface area contributed by atoms with Crippen LogP contribution in [0, 0.1) is 0 Å². The first kappa shape index (κ1) is 13.4. The number of rotatable bonds is 4. The first-order valence-electron chi connectivity index (χ1n) is 6.93. The summed E-state index contributed by atoms with van der Waals surface area (Å²) in [6, 6.07) is 19.4. The van der Waals surface area contributed by atoms with Gasteiger partial charge in [-0.15, -0.1) is 6.58 Å². The number of ether oxygens (including phenoxy) is 1. The Balaban J connectivity index is 2.10. The number of allylic oxidation sites excluding steroid dienone is 1. The number of carbonyl (C=O) groups is 1. The zero-order valence-electron chi connectivity index (χ0n) is 11.7. The topological polar surface area (TPSA) is 26.3 Å². The van der Waals surface area contributed by atoms with Gasteiger partial charge in [-0.2, -0.15) is 0 Å². The van der Waals surface area contributed by atoms with Crippen LogP contribution in [0.5, 0.6) is 0 Å². The van der Waals surface area contributed by atoms with Crippen molar-refractivity contribution in [2.24, 2.45) is 0 Å². The predicted molar refractivity (Wildman–Crippen MR) is 83.4 cm³/mol. The van der Waals surface area contributed by atoms with Crippen molar-refractivity contribution in [3.63, 3.8) is 0 Å². The summed E-state index contributed by atoms with van der Waals surface area (Å²) in [5, 5.41) is 0. The maximum Gasteiger partial charge on any atom is 0.326 e. The fourth-order valence-corrected chi connectivity index (χ4v) is 2.67. The maximum absolute atomic E-state index is 12.5. The molecule has 0 saturated heterocycles. The van der Waals surface area contributed by atoms with Crippen LogP contribution in [-0.4, -0.2) is 5.97 Å². The summed E-state index contributed by atoms with van der Waals surface area (Å²) in [7, 11) is 0.